The molecule has 1 amide bonds. The summed E-state index contributed by atoms with van der Waals surface area (Å²) in [7, 11) is 0. The minimum atomic E-state index is -0.153. The first-order valence-electron chi connectivity index (χ1n) is 11.3. The molecule has 0 unspecified atom stereocenters. The molecule has 1 heterocycles. The maximum atomic E-state index is 12.8. The van der Waals surface area contributed by atoms with Crippen molar-refractivity contribution in [3.63, 3.8) is 0 Å². The van der Waals surface area contributed by atoms with Crippen LogP contribution in [0.25, 0.3) is 5.69 Å². The van der Waals surface area contributed by atoms with Gasteiger partial charge in [0.2, 0.25) is 5.91 Å². The fourth-order valence-electron chi connectivity index (χ4n) is 3.56. The molecule has 4 aromatic rings. The molecule has 1 aromatic heterocycles. The number of thioether (sulfide) groups is 1. The minimum absolute atomic E-state index is 0.0322. The standard InChI is InChI=1S/C27H26N4O3S/c1-3-34-24-15-13-23(14-16-24)31-26(17-20-7-5-4-6-8-20)29-30-27(31)35-18-25(33)21-9-11-22(12-10-21)28-19(2)32/h4-16H,3,17-18H2,1-2H3,(H,28,32). The van der Waals surface area contributed by atoms with Gasteiger partial charge in [-0.25, -0.2) is 0 Å². The van der Waals surface area contributed by atoms with E-state index in [0.717, 1.165) is 22.8 Å². The molecular weight excluding hydrogens is 460 g/mol. The van der Waals surface area contributed by atoms with E-state index in [2.05, 4.69) is 27.6 Å². The monoisotopic (exact) mass is 486 g/mol. The highest BCUT2D eigenvalue weighted by atomic mass is 32.2. The number of hydrogen-bond acceptors (Lipinski definition) is 6. The Hall–Kier alpha value is -3.91. The van der Waals surface area contributed by atoms with Crippen LogP contribution in [0.5, 0.6) is 5.75 Å². The number of rotatable bonds is 10. The van der Waals surface area contributed by atoms with Crippen molar-refractivity contribution in [2.24, 2.45) is 0 Å². The van der Waals surface area contributed by atoms with Crippen LogP contribution in [0.4, 0.5) is 5.69 Å². The minimum Gasteiger partial charge on any atom is -0.494 e. The predicted molar refractivity (Wildman–Crippen MR) is 138 cm³/mol. The second-order valence-electron chi connectivity index (χ2n) is 7.79. The highest BCUT2D eigenvalue weighted by molar-refractivity contribution is 7.99. The van der Waals surface area contributed by atoms with Gasteiger partial charge in [0, 0.05) is 30.3 Å². The Morgan fingerprint density at radius 1 is 0.943 bits per heavy atom. The molecule has 0 aliphatic rings. The molecule has 35 heavy (non-hydrogen) atoms. The van der Waals surface area contributed by atoms with E-state index >= 15 is 0 Å². The molecule has 0 saturated carbocycles. The molecule has 1 N–H and O–H groups in total. The molecule has 3 aromatic carbocycles. The smallest absolute Gasteiger partial charge is 0.221 e. The van der Waals surface area contributed by atoms with E-state index < -0.39 is 0 Å². The zero-order valence-corrected chi connectivity index (χ0v) is 20.4. The highest BCUT2D eigenvalue weighted by Gasteiger charge is 2.17. The van der Waals surface area contributed by atoms with Gasteiger partial charge in [0.05, 0.1) is 12.4 Å². The average Bonchev–Trinajstić information content (AvgIpc) is 3.26. The Balaban J connectivity index is 1.55. The van der Waals surface area contributed by atoms with E-state index in [0.29, 0.717) is 29.4 Å². The fraction of sp³-hybridized carbons (Fsp3) is 0.185. The molecule has 4 rings (SSSR count). The number of nitrogens with zero attached hydrogens (tertiary/aromatic N) is 3. The van der Waals surface area contributed by atoms with Crippen LogP contribution in [-0.4, -0.2) is 38.8 Å². The molecule has 0 bridgehead atoms. The van der Waals surface area contributed by atoms with E-state index in [-0.39, 0.29) is 17.4 Å². The first kappa shape index (κ1) is 24.2. The van der Waals surface area contributed by atoms with Gasteiger partial charge >= 0.3 is 0 Å². The lowest BCUT2D eigenvalue weighted by Crippen LogP contribution is -2.08. The number of ether oxygens (including phenoxy) is 1. The van der Waals surface area contributed by atoms with Gasteiger partial charge in [-0.3, -0.25) is 14.2 Å². The number of amides is 1. The fourth-order valence-corrected chi connectivity index (χ4v) is 4.43. The van der Waals surface area contributed by atoms with E-state index in [9.17, 15) is 9.59 Å². The Labute approximate surface area is 208 Å². The molecule has 0 fully saturated rings. The normalized spacial score (nSPS) is 10.7. The molecule has 7 nitrogen and oxygen atoms in total. The van der Waals surface area contributed by atoms with E-state index in [1.54, 1.807) is 24.3 Å². The predicted octanol–water partition coefficient (Wildman–Crippen LogP) is 5.19. The van der Waals surface area contributed by atoms with Gasteiger partial charge in [-0.05, 0) is 61.0 Å². The third kappa shape index (κ3) is 6.36. The number of ketones is 1. The van der Waals surface area contributed by atoms with Gasteiger partial charge in [-0.1, -0.05) is 42.1 Å². The van der Waals surface area contributed by atoms with Crippen molar-refractivity contribution in [1.29, 1.82) is 0 Å². The molecule has 0 aliphatic carbocycles. The number of benzene rings is 3. The summed E-state index contributed by atoms with van der Waals surface area (Å²) >= 11 is 1.34. The van der Waals surface area contributed by atoms with Gasteiger partial charge < -0.3 is 10.1 Å². The van der Waals surface area contributed by atoms with Crippen LogP contribution in [0, 0.1) is 0 Å². The largest absolute Gasteiger partial charge is 0.494 e. The van der Waals surface area contributed by atoms with Crippen molar-refractivity contribution in [3.8, 4) is 11.4 Å². The first-order chi connectivity index (χ1) is 17.0. The van der Waals surface area contributed by atoms with Gasteiger partial charge in [-0.2, -0.15) is 0 Å². The SMILES string of the molecule is CCOc1ccc(-n2c(Cc3ccccc3)nnc2SCC(=O)c2ccc(NC(C)=O)cc2)cc1. The van der Waals surface area contributed by atoms with Crippen LogP contribution in [0.15, 0.2) is 84.0 Å². The molecule has 178 valence electrons. The Morgan fingerprint density at radius 3 is 2.31 bits per heavy atom. The van der Waals surface area contributed by atoms with Gasteiger partial charge in [0.25, 0.3) is 0 Å². The maximum Gasteiger partial charge on any atom is 0.221 e. The lowest BCUT2D eigenvalue weighted by molar-refractivity contribution is -0.114. The van der Waals surface area contributed by atoms with Crippen LogP contribution in [0.1, 0.15) is 35.6 Å². The third-order valence-corrected chi connectivity index (χ3v) is 6.10. The number of nitrogens with one attached hydrogen (secondary N) is 1. The molecule has 0 saturated heterocycles. The summed E-state index contributed by atoms with van der Waals surface area (Å²) < 4.78 is 7.56. The molecular formula is C27H26N4O3S. The maximum absolute atomic E-state index is 12.8. The number of Topliss-reactive ketones (excluding diaryl/α,β-unsaturated/α-hetero) is 1. The van der Waals surface area contributed by atoms with Crippen molar-refractivity contribution < 1.29 is 14.3 Å². The van der Waals surface area contributed by atoms with Crippen LogP contribution in [0.3, 0.4) is 0 Å². The van der Waals surface area contributed by atoms with Gasteiger partial charge in [-0.15, -0.1) is 10.2 Å². The quantitative estimate of drug-likeness (QED) is 0.245. The van der Waals surface area contributed by atoms with E-state index in [4.69, 9.17) is 4.74 Å². The highest BCUT2D eigenvalue weighted by Crippen LogP contribution is 2.26. The van der Waals surface area contributed by atoms with Crippen molar-refractivity contribution >= 4 is 29.1 Å². The van der Waals surface area contributed by atoms with Crippen LogP contribution >= 0.6 is 11.8 Å². The molecule has 0 spiro atoms. The summed E-state index contributed by atoms with van der Waals surface area (Å²) in [4.78, 5) is 24.0. The lowest BCUT2D eigenvalue weighted by Gasteiger charge is -2.11. The third-order valence-electron chi connectivity index (χ3n) is 5.17. The topological polar surface area (TPSA) is 86.1 Å². The van der Waals surface area contributed by atoms with Crippen molar-refractivity contribution in [2.75, 3.05) is 17.7 Å². The van der Waals surface area contributed by atoms with Gasteiger partial charge in [0.1, 0.15) is 11.6 Å². The van der Waals surface area contributed by atoms with Crippen molar-refractivity contribution in [1.82, 2.24) is 14.8 Å². The lowest BCUT2D eigenvalue weighted by atomic mass is 10.1. The van der Waals surface area contributed by atoms with E-state index in [1.165, 1.54) is 18.7 Å². The number of anilines is 1. The molecule has 0 atom stereocenters. The summed E-state index contributed by atoms with van der Waals surface area (Å²) in [5, 5.41) is 12.2. The summed E-state index contributed by atoms with van der Waals surface area (Å²) in [6.07, 6.45) is 0.611. The van der Waals surface area contributed by atoms with Gasteiger partial charge in [0.15, 0.2) is 10.9 Å². The van der Waals surface area contributed by atoms with Crippen LogP contribution in [0.2, 0.25) is 0 Å². The Bertz CT molecular complexity index is 1290. The molecule has 0 radical (unpaired) electrons. The summed E-state index contributed by atoms with van der Waals surface area (Å²) in [6.45, 7) is 3.99. The van der Waals surface area contributed by atoms with Crippen molar-refractivity contribution in [3.05, 3.63) is 95.8 Å². The average molecular weight is 487 g/mol. The molecule has 8 heteroatoms. The summed E-state index contributed by atoms with van der Waals surface area (Å²) in [6, 6.07) is 24.7. The van der Waals surface area contributed by atoms with E-state index in [1.807, 2.05) is 54.0 Å². The van der Waals surface area contributed by atoms with Crippen LogP contribution < -0.4 is 10.1 Å². The van der Waals surface area contributed by atoms with Crippen molar-refractivity contribution in [2.45, 2.75) is 25.4 Å². The zero-order valence-electron chi connectivity index (χ0n) is 19.6. The van der Waals surface area contributed by atoms with Crippen LogP contribution in [-0.2, 0) is 11.2 Å². The first-order valence-corrected chi connectivity index (χ1v) is 12.3. The number of carbonyl (C=O) groups excluding carboxylic acids is 2. The Kier molecular flexibility index (Phi) is 7.95. The second kappa shape index (κ2) is 11.5. The number of carbonyl (C=O) groups is 2. The summed E-state index contributed by atoms with van der Waals surface area (Å²) in [5.74, 6) is 1.60. The number of hydrogen-bond donors (Lipinski definition) is 1. The Morgan fingerprint density at radius 2 is 1.66 bits per heavy atom. The zero-order chi connectivity index (χ0) is 24.6. The number of aromatic nitrogens is 3. The molecule has 0 aliphatic heterocycles. The summed E-state index contributed by atoms with van der Waals surface area (Å²) in [5.41, 5.74) is 3.25. The second-order valence-corrected chi connectivity index (χ2v) is 8.74.